The molecule has 2 aliphatic rings. The summed E-state index contributed by atoms with van der Waals surface area (Å²) in [5, 5.41) is 16.0. The number of phenols is 1. The lowest BCUT2D eigenvalue weighted by molar-refractivity contribution is -0.106. The van der Waals surface area contributed by atoms with Crippen LogP contribution >= 0.6 is 24.0 Å². The molecule has 1 aromatic rings. The van der Waals surface area contributed by atoms with Crippen LogP contribution in [-0.2, 0) is 11.3 Å². The molecule has 140 valence electrons. The number of aliphatic imine (C=N–C) groups is 1. The molecular weight excluding hydrogens is 436 g/mol. The van der Waals surface area contributed by atoms with Crippen molar-refractivity contribution in [3.63, 3.8) is 0 Å². The van der Waals surface area contributed by atoms with E-state index in [1.54, 1.807) is 6.07 Å². The number of benzene rings is 1. The third-order valence-corrected chi connectivity index (χ3v) is 5.17. The fourth-order valence-electron chi connectivity index (χ4n) is 3.90. The summed E-state index contributed by atoms with van der Waals surface area (Å²) in [6, 6.07) is 4.67. The minimum absolute atomic E-state index is 0. The fourth-order valence-corrected chi connectivity index (χ4v) is 3.90. The lowest BCUT2D eigenvalue weighted by Gasteiger charge is -2.54. The Labute approximate surface area is 165 Å². The smallest absolute Gasteiger partial charge is 0.191 e. The zero-order valence-corrected chi connectivity index (χ0v) is 17.2. The molecule has 0 radical (unpaired) electrons. The van der Waals surface area contributed by atoms with E-state index in [1.165, 1.54) is 12.1 Å². The third kappa shape index (κ3) is 4.02. The maximum Gasteiger partial charge on any atom is 0.191 e. The van der Waals surface area contributed by atoms with Crippen LogP contribution in [0, 0.1) is 17.2 Å². The van der Waals surface area contributed by atoms with Gasteiger partial charge in [0.1, 0.15) is 0 Å². The molecule has 1 aliphatic heterocycles. The first-order chi connectivity index (χ1) is 11.4. The van der Waals surface area contributed by atoms with Crippen LogP contribution in [0.4, 0.5) is 4.39 Å². The lowest BCUT2D eigenvalue weighted by atomic mass is 9.57. The van der Waals surface area contributed by atoms with Gasteiger partial charge in [0.05, 0.1) is 12.6 Å². The number of halogens is 2. The van der Waals surface area contributed by atoms with Gasteiger partial charge in [-0.1, -0.05) is 19.9 Å². The van der Waals surface area contributed by atoms with E-state index in [2.05, 4.69) is 29.5 Å². The molecule has 3 unspecified atom stereocenters. The van der Waals surface area contributed by atoms with Gasteiger partial charge in [0.2, 0.25) is 0 Å². The van der Waals surface area contributed by atoms with Crippen molar-refractivity contribution in [2.45, 2.75) is 45.9 Å². The maximum absolute atomic E-state index is 13.4. The number of nitrogens with one attached hydrogen (secondary N) is 2. The molecule has 0 bridgehead atoms. The SMILES string of the molecule is CCNC(=NCc1ccc(O)c(F)c1)NC1C2CCOC2C1(C)C.I. The minimum Gasteiger partial charge on any atom is -0.505 e. The van der Waals surface area contributed by atoms with Crippen molar-refractivity contribution in [3.8, 4) is 5.75 Å². The van der Waals surface area contributed by atoms with E-state index in [0.717, 1.165) is 31.1 Å². The molecule has 1 aliphatic carbocycles. The van der Waals surface area contributed by atoms with Crippen molar-refractivity contribution < 1.29 is 14.2 Å². The first kappa shape index (κ1) is 20.2. The highest BCUT2D eigenvalue weighted by molar-refractivity contribution is 14.0. The topological polar surface area (TPSA) is 65.9 Å². The van der Waals surface area contributed by atoms with Gasteiger partial charge in [0.25, 0.3) is 0 Å². The Morgan fingerprint density at radius 1 is 1.44 bits per heavy atom. The standard InChI is InChI=1S/C18H26FN3O2.HI/c1-4-20-17(21-10-11-5-6-14(23)13(19)9-11)22-15-12-7-8-24-16(12)18(15,2)3;/h5-6,9,12,15-16,23H,4,7-8,10H2,1-3H3,(H2,20,21,22);1H. The summed E-state index contributed by atoms with van der Waals surface area (Å²) in [5.41, 5.74) is 0.791. The van der Waals surface area contributed by atoms with Crippen LogP contribution in [0.3, 0.4) is 0 Å². The average molecular weight is 463 g/mol. The number of hydrogen-bond donors (Lipinski definition) is 3. The van der Waals surface area contributed by atoms with Gasteiger partial charge in [-0.05, 0) is 31.0 Å². The Morgan fingerprint density at radius 3 is 2.88 bits per heavy atom. The van der Waals surface area contributed by atoms with Gasteiger partial charge in [-0.3, -0.25) is 0 Å². The molecule has 3 atom stereocenters. The van der Waals surface area contributed by atoms with Crippen molar-refractivity contribution in [3.05, 3.63) is 29.6 Å². The summed E-state index contributed by atoms with van der Waals surface area (Å²) in [6.07, 6.45) is 1.40. The van der Waals surface area contributed by atoms with Crippen LogP contribution in [0.15, 0.2) is 23.2 Å². The maximum atomic E-state index is 13.4. The second-order valence-corrected chi connectivity index (χ2v) is 7.17. The van der Waals surface area contributed by atoms with Crippen molar-refractivity contribution in [1.82, 2.24) is 10.6 Å². The van der Waals surface area contributed by atoms with E-state index < -0.39 is 5.82 Å². The normalized spacial score (nSPS) is 27.0. The molecule has 5 nitrogen and oxygen atoms in total. The largest absolute Gasteiger partial charge is 0.505 e. The van der Waals surface area contributed by atoms with Crippen LogP contribution in [0.1, 0.15) is 32.8 Å². The predicted molar refractivity (Wildman–Crippen MR) is 107 cm³/mol. The summed E-state index contributed by atoms with van der Waals surface area (Å²) < 4.78 is 19.3. The van der Waals surface area contributed by atoms with Gasteiger partial charge in [-0.2, -0.15) is 0 Å². The number of phenolic OH excluding ortho intramolecular Hbond substituents is 1. The summed E-state index contributed by atoms with van der Waals surface area (Å²) in [5.74, 6) is 0.298. The molecule has 1 saturated heterocycles. The van der Waals surface area contributed by atoms with Gasteiger partial charge in [0.15, 0.2) is 17.5 Å². The zero-order valence-electron chi connectivity index (χ0n) is 14.9. The summed E-state index contributed by atoms with van der Waals surface area (Å²) in [6.45, 7) is 8.40. The van der Waals surface area contributed by atoms with Crippen molar-refractivity contribution in [1.29, 1.82) is 0 Å². The first-order valence-corrected chi connectivity index (χ1v) is 8.57. The average Bonchev–Trinajstić information content (AvgIpc) is 3.00. The zero-order chi connectivity index (χ0) is 17.3. The Hall–Kier alpha value is -1.09. The number of ether oxygens (including phenoxy) is 1. The monoisotopic (exact) mass is 463 g/mol. The van der Waals surface area contributed by atoms with Gasteiger partial charge < -0.3 is 20.5 Å². The van der Waals surface area contributed by atoms with E-state index in [9.17, 15) is 9.50 Å². The van der Waals surface area contributed by atoms with Crippen LogP contribution in [-0.4, -0.2) is 36.4 Å². The molecule has 3 N–H and O–H groups in total. The van der Waals surface area contributed by atoms with Gasteiger partial charge in [0, 0.05) is 30.5 Å². The molecule has 3 rings (SSSR count). The first-order valence-electron chi connectivity index (χ1n) is 8.57. The lowest BCUT2D eigenvalue weighted by Crippen LogP contribution is -2.67. The molecule has 25 heavy (non-hydrogen) atoms. The van der Waals surface area contributed by atoms with E-state index >= 15 is 0 Å². The summed E-state index contributed by atoms with van der Waals surface area (Å²) >= 11 is 0. The molecule has 1 aromatic carbocycles. The van der Waals surface area contributed by atoms with Gasteiger partial charge in [-0.15, -0.1) is 24.0 Å². The number of fused-ring (bicyclic) bond motifs is 1. The Bertz CT molecular complexity index is 639. The highest BCUT2D eigenvalue weighted by atomic mass is 127. The highest BCUT2D eigenvalue weighted by Gasteiger charge is 2.59. The molecule has 0 spiro atoms. The minimum atomic E-state index is -0.619. The number of aromatic hydroxyl groups is 1. The highest BCUT2D eigenvalue weighted by Crippen LogP contribution is 2.52. The van der Waals surface area contributed by atoms with E-state index in [0.29, 0.717) is 24.6 Å². The second-order valence-electron chi connectivity index (χ2n) is 7.17. The van der Waals surface area contributed by atoms with Crippen LogP contribution in [0.25, 0.3) is 0 Å². The van der Waals surface area contributed by atoms with Crippen molar-refractivity contribution in [2.75, 3.05) is 13.2 Å². The quantitative estimate of drug-likeness (QED) is 0.365. The van der Waals surface area contributed by atoms with E-state index in [1.807, 2.05) is 6.92 Å². The molecule has 1 heterocycles. The van der Waals surface area contributed by atoms with Gasteiger partial charge >= 0.3 is 0 Å². The third-order valence-electron chi connectivity index (χ3n) is 5.17. The molecule has 0 aromatic heterocycles. The van der Waals surface area contributed by atoms with Crippen LogP contribution in [0.2, 0.25) is 0 Å². The molecule has 7 heteroatoms. The number of guanidine groups is 1. The molecule has 0 amide bonds. The van der Waals surface area contributed by atoms with E-state index in [-0.39, 0.29) is 35.1 Å². The Balaban J connectivity index is 0.00000225. The number of nitrogens with zero attached hydrogens (tertiary/aromatic N) is 1. The summed E-state index contributed by atoms with van der Waals surface area (Å²) in [7, 11) is 0. The van der Waals surface area contributed by atoms with Crippen molar-refractivity contribution >= 4 is 29.9 Å². The Kier molecular flexibility index (Phi) is 6.53. The fraction of sp³-hybridized carbons (Fsp3) is 0.611. The van der Waals surface area contributed by atoms with E-state index in [4.69, 9.17) is 4.74 Å². The van der Waals surface area contributed by atoms with Gasteiger partial charge in [-0.25, -0.2) is 9.38 Å². The molecular formula is C18H27FIN3O2. The number of hydrogen-bond acceptors (Lipinski definition) is 3. The molecule has 2 fully saturated rings. The molecule has 1 saturated carbocycles. The Morgan fingerprint density at radius 2 is 2.20 bits per heavy atom. The van der Waals surface area contributed by atoms with Crippen molar-refractivity contribution in [2.24, 2.45) is 16.3 Å². The van der Waals surface area contributed by atoms with Crippen LogP contribution < -0.4 is 10.6 Å². The second kappa shape index (κ2) is 8.07. The van der Waals surface area contributed by atoms with Crippen LogP contribution in [0.5, 0.6) is 5.75 Å². The predicted octanol–water partition coefficient (Wildman–Crippen LogP) is 3.02. The number of rotatable bonds is 4. The summed E-state index contributed by atoms with van der Waals surface area (Å²) in [4.78, 5) is 4.56.